The highest BCUT2D eigenvalue weighted by atomic mass is 16.5. The average molecular weight is 267 g/mol. The van der Waals surface area contributed by atoms with E-state index in [1.54, 1.807) is 19.9 Å². The van der Waals surface area contributed by atoms with Crippen LogP contribution in [0, 0.1) is 19.8 Å². The van der Waals surface area contributed by atoms with Crippen LogP contribution in [0.2, 0.25) is 0 Å². The Morgan fingerprint density at radius 3 is 2.74 bits per heavy atom. The Bertz CT molecular complexity index is 435. The predicted octanol–water partition coefficient (Wildman–Crippen LogP) is 1.41. The number of amides is 1. The van der Waals surface area contributed by atoms with Crippen LogP contribution in [0.1, 0.15) is 34.7 Å². The lowest BCUT2D eigenvalue weighted by Gasteiger charge is -2.26. The Hall–Kier alpha value is -1.33. The zero-order valence-electron chi connectivity index (χ0n) is 11.4. The van der Waals surface area contributed by atoms with Gasteiger partial charge in [-0.05, 0) is 38.7 Å². The number of aliphatic hydroxyl groups is 1. The fourth-order valence-corrected chi connectivity index (χ4v) is 2.42. The van der Waals surface area contributed by atoms with Crippen LogP contribution in [0.3, 0.4) is 0 Å². The van der Waals surface area contributed by atoms with Crippen LogP contribution in [0.25, 0.3) is 0 Å². The van der Waals surface area contributed by atoms with Crippen LogP contribution in [0.5, 0.6) is 0 Å². The summed E-state index contributed by atoms with van der Waals surface area (Å²) in [6.45, 7) is 5.22. The number of aryl methyl sites for hydroxylation is 2. The molecule has 0 saturated carbocycles. The van der Waals surface area contributed by atoms with Gasteiger partial charge < -0.3 is 19.6 Å². The Balaban J connectivity index is 1.84. The van der Waals surface area contributed by atoms with Crippen LogP contribution in [-0.4, -0.2) is 36.9 Å². The summed E-state index contributed by atoms with van der Waals surface area (Å²) in [7, 11) is 0. The van der Waals surface area contributed by atoms with Crippen LogP contribution in [0.15, 0.2) is 10.5 Å². The first-order valence-electron chi connectivity index (χ1n) is 6.69. The first-order chi connectivity index (χ1) is 9.08. The molecule has 0 aliphatic carbocycles. The molecular weight excluding hydrogens is 246 g/mol. The van der Waals surface area contributed by atoms with Gasteiger partial charge in [-0.2, -0.15) is 0 Å². The fraction of sp³-hybridized carbons (Fsp3) is 0.643. The second kappa shape index (κ2) is 6.21. The van der Waals surface area contributed by atoms with Gasteiger partial charge in [-0.1, -0.05) is 0 Å². The molecule has 1 amide bonds. The lowest BCUT2D eigenvalue weighted by atomic mass is 9.94. The first kappa shape index (κ1) is 14.1. The summed E-state index contributed by atoms with van der Waals surface area (Å²) in [5.74, 6) is 1.34. The number of nitrogens with one attached hydrogen (secondary N) is 1. The van der Waals surface area contributed by atoms with Gasteiger partial charge in [-0.25, -0.2) is 0 Å². The number of hydrogen-bond donors (Lipinski definition) is 2. The molecule has 106 valence electrons. The van der Waals surface area contributed by atoms with Crippen molar-refractivity contribution >= 4 is 5.91 Å². The molecule has 1 unspecified atom stereocenters. The van der Waals surface area contributed by atoms with Crippen molar-refractivity contribution in [2.24, 2.45) is 5.92 Å². The second-order valence-electron chi connectivity index (χ2n) is 5.05. The molecule has 1 atom stereocenters. The molecule has 0 spiro atoms. The summed E-state index contributed by atoms with van der Waals surface area (Å²) in [6, 6.07) is 1.71. The Labute approximate surface area is 112 Å². The van der Waals surface area contributed by atoms with Crippen molar-refractivity contribution in [3.63, 3.8) is 0 Å². The molecule has 1 aliphatic heterocycles. The van der Waals surface area contributed by atoms with E-state index >= 15 is 0 Å². The summed E-state index contributed by atoms with van der Waals surface area (Å²) in [5.41, 5.74) is 0.539. The van der Waals surface area contributed by atoms with Crippen molar-refractivity contribution < 1.29 is 19.1 Å². The maximum Gasteiger partial charge on any atom is 0.254 e. The molecule has 0 bridgehead atoms. The van der Waals surface area contributed by atoms with Gasteiger partial charge in [0.15, 0.2) is 0 Å². The molecular formula is C14H21NO4. The number of rotatable bonds is 4. The minimum absolute atomic E-state index is 0.194. The maximum atomic E-state index is 12.0. The van der Waals surface area contributed by atoms with Gasteiger partial charge in [0.1, 0.15) is 11.5 Å². The van der Waals surface area contributed by atoms with Crippen molar-refractivity contribution in [3.8, 4) is 0 Å². The van der Waals surface area contributed by atoms with E-state index in [9.17, 15) is 9.90 Å². The second-order valence-corrected chi connectivity index (χ2v) is 5.05. The molecule has 5 nitrogen and oxygen atoms in total. The van der Waals surface area contributed by atoms with Crippen molar-refractivity contribution in [1.82, 2.24) is 5.32 Å². The van der Waals surface area contributed by atoms with Crippen molar-refractivity contribution in [3.05, 3.63) is 23.2 Å². The summed E-state index contributed by atoms with van der Waals surface area (Å²) in [4.78, 5) is 12.0. The van der Waals surface area contributed by atoms with Gasteiger partial charge in [0.2, 0.25) is 0 Å². The third-order valence-corrected chi connectivity index (χ3v) is 3.57. The monoisotopic (exact) mass is 267 g/mol. The smallest absolute Gasteiger partial charge is 0.254 e. The Kier molecular flexibility index (Phi) is 4.61. The van der Waals surface area contributed by atoms with Gasteiger partial charge in [0, 0.05) is 19.8 Å². The fourth-order valence-electron chi connectivity index (χ4n) is 2.42. The van der Waals surface area contributed by atoms with E-state index in [1.807, 2.05) is 0 Å². The number of ether oxygens (including phenoxy) is 1. The first-order valence-corrected chi connectivity index (χ1v) is 6.69. The molecule has 1 saturated heterocycles. The van der Waals surface area contributed by atoms with Crippen LogP contribution >= 0.6 is 0 Å². The SMILES string of the molecule is Cc1cc(C(=O)NCC(O)C2CCOCC2)c(C)o1. The molecule has 2 heterocycles. The van der Waals surface area contributed by atoms with Crippen molar-refractivity contribution in [1.29, 1.82) is 0 Å². The Morgan fingerprint density at radius 1 is 1.47 bits per heavy atom. The highest BCUT2D eigenvalue weighted by molar-refractivity contribution is 5.95. The van der Waals surface area contributed by atoms with Crippen molar-refractivity contribution in [2.45, 2.75) is 32.8 Å². The number of hydrogen-bond acceptors (Lipinski definition) is 4. The Morgan fingerprint density at radius 2 is 2.16 bits per heavy atom. The van der Waals surface area contributed by atoms with Crippen LogP contribution < -0.4 is 5.32 Å². The molecule has 1 fully saturated rings. The minimum Gasteiger partial charge on any atom is -0.466 e. The molecule has 1 aromatic rings. The highest BCUT2D eigenvalue weighted by Gasteiger charge is 2.23. The van der Waals surface area contributed by atoms with E-state index in [-0.39, 0.29) is 18.4 Å². The predicted molar refractivity (Wildman–Crippen MR) is 70.1 cm³/mol. The molecule has 2 N–H and O–H groups in total. The number of carbonyl (C=O) groups excluding carboxylic acids is 1. The van der Waals surface area contributed by atoms with Gasteiger partial charge in [-0.15, -0.1) is 0 Å². The van der Waals surface area contributed by atoms with Gasteiger partial charge in [-0.3, -0.25) is 4.79 Å². The molecule has 19 heavy (non-hydrogen) atoms. The molecule has 1 aliphatic rings. The minimum atomic E-state index is -0.513. The summed E-state index contributed by atoms with van der Waals surface area (Å²) in [6.07, 6.45) is 1.18. The van der Waals surface area contributed by atoms with Gasteiger partial charge in [0.25, 0.3) is 5.91 Å². The molecule has 0 radical (unpaired) electrons. The third kappa shape index (κ3) is 3.58. The third-order valence-electron chi connectivity index (χ3n) is 3.57. The summed E-state index contributed by atoms with van der Waals surface area (Å²) < 4.78 is 10.6. The molecule has 0 aromatic carbocycles. The van der Waals surface area contributed by atoms with E-state index in [2.05, 4.69) is 5.32 Å². The number of furan rings is 1. The van der Waals surface area contributed by atoms with E-state index < -0.39 is 6.10 Å². The molecule has 1 aromatic heterocycles. The topological polar surface area (TPSA) is 71.7 Å². The average Bonchev–Trinajstić information content (AvgIpc) is 2.75. The van der Waals surface area contributed by atoms with Crippen molar-refractivity contribution in [2.75, 3.05) is 19.8 Å². The summed E-state index contributed by atoms with van der Waals surface area (Å²) >= 11 is 0. The van der Waals surface area contributed by atoms with E-state index in [0.717, 1.165) is 12.8 Å². The van der Waals surface area contributed by atoms with E-state index in [4.69, 9.17) is 9.15 Å². The standard InChI is InChI=1S/C14H21NO4/c1-9-7-12(10(2)19-9)14(17)15-8-13(16)11-3-5-18-6-4-11/h7,11,13,16H,3-6,8H2,1-2H3,(H,15,17). The lowest BCUT2D eigenvalue weighted by molar-refractivity contribution is 0.00872. The normalized spacial score (nSPS) is 18.3. The number of carbonyl (C=O) groups is 1. The molecule has 2 rings (SSSR count). The van der Waals surface area contributed by atoms with Gasteiger partial charge in [0.05, 0.1) is 11.7 Å². The quantitative estimate of drug-likeness (QED) is 0.865. The molecule has 5 heteroatoms. The summed E-state index contributed by atoms with van der Waals surface area (Å²) in [5, 5.41) is 12.8. The van der Waals surface area contributed by atoms with Gasteiger partial charge >= 0.3 is 0 Å². The van der Waals surface area contributed by atoms with Crippen LogP contribution in [-0.2, 0) is 4.74 Å². The lowest BCUT2D eigenvalue weighted by Crippen LogP contribution is -2.38. The zero-order valence-corrected chi connectivity index (χ0v) is 11.4. The largest absolute Gasteiger partial charge is 0.466 e. The van der Waals surface area contributed by atoms with E-state index in [0.29, 0.717) is 30.3 Å². The highest BCUT2D eigenvalue weighted by Crippen LogP contribution is 2.18. The zero-order chi connectivity index (χ0) is 13.8. The van der Waals surface area contributed by atoms with E-state index in [1.165, 1.54) is 0 Å². The van der Waals surface area contributed by atoms with Crippen LogP contribution in [0.4, 0.5) is 0 Å². The maximum absolute atomic E-state index is 12.0. The number of aliphatic hydroxyl groups excluding tert-OH is 1.